The van der Waals surface area contributed by atoms with E-state index < -0.39 is 0 Å². The Morgan fingerprint density at radius 1 is 1.13 bits per heavy atom. The summed E-state index contributed by atoms with van der Waals surface area (Å²) in [6, 6.07) is 11.9. The number of hydrogen-bond acceptors (Lipinski definition) is 2. The minimum absolute atomic E-state index is 0.464. The van der Waals surface area contributed by atoms with Gasteiger partial charge in [-0.05, 0) is 23.6 Å². The topological polar surface area (TPSA) is 34.4 Å². The van der Waals surface area contributed by atoms with E-state index in [0.717, 1.165) is 22.8 Å². The van der Waals surface area contributed by atoms with Crippen LogP contribution in [0.3, 0.4) is 0 Å². The summed E-state index contributed by atoms with van der Waals surface area (Å²) < 4.78 is 1.93. The number of carbonyl (C=O) groups excluding carboxylic acids is 1. The van der Waals surface area contributed by atoms with E-state index in [4.69, 9.17) is 0 Å². The van der Waals surface area contributed by atoms with Crippen molar-refractivity contribution in [3.05, 3.63) is 48.3 Å². The first-order valence-electron chi connectivity index (χ1n) is 4.70. The number of hydrogen-bond donors (Lipinski definition) is 0. The summed E-state index contributed by atoms with van der Waals surface area (Å²) in [5.74, 6) is 0. The van der Waals surface area contributed by atoms with Gasteiger partial charge in [0.2, 0.25) is 0 Å². The Labute approximate surface area is 86.0 Å². The molecule has 0 spiro atoms. The highest BCUT2D eigenvalue weighted by Gasteiger charge is 2.02. The lowest BCUT2D eigenvalue weighted by Gasteiger charge is -1.99. The molecule has 0 amide bonds. The molecule has 0 bridgehead atoms. The summed E-state index contributed by atoms with van der Waals surface area (Å²) in [6.45, 7) is 0. The van der Waals surface area contributed by atoms with Crippen LogP contribution >= 0.6 is 0 Å². The second kappa shape index (κ2) is 2.92. The van der Waals surface area contributed by atoms with Gasteiger partial charge >= 0.3 is 0 Å². The van der Waals surface area contributed by atoms with E-state index in [0.29, 0.717) is 5.69 Å². The van der Waals surface area contributed by atoms with E-state index in [1.807, 2.05) is 40.8 Å². The largest absolute Gasteiger partial charge is 0.299 e. The normalized spacial score (nSPS) is 10.9. The molecule has 0 saturated carbocycles. The molecule has 0 aliphatic carbocycles. The average molecular weight is 196 g/mol. The van der Waals surface area contributed by atoms with Gasteiger partial charge < -0.3 is 0 Å². The lowest BCUT2D eigenvalue weighted by Crippen LogP contribution is -1.85. The van der Waals surface area contributed by atoms with Gasteiger partial charge in [0.25, 0.3) is 0 Å². The number of nitrogens with zero attached hydrogens (tertiary/aromatic N) is 2. The lowest BCUT2D eigenvalue weighted by molar-refractivity contribution is 0.111. The molecule has 0 radical (unpaired) electrons. The zero-order valence-electron chi connectivity index (χ0n) is 7.92. The minimum atomic E-state index is 0.464. The molecule has 0 fully saturated rings. The van der Waals surface area contributed by atoms with Gasteiger partial charge in [-0.15, -0.1) is 0 Å². The molecule has 15 heavy (non-hydrogen) atoms. The van der Waals surface area contributed by atoms with Crippen molar-refractivity contribution in [2.24, 2.45) is 0 Å². The van der Waals surface area contributed by atoms with Crippen molar-refractivity contribution in [3.8, 4) is 0 Å². The molecule has 3 nitrogen and oxygen atoms in total. The number of pyridine rings is 1. The molecule has 0 saturated heterocycles. The van der Waals surface area contributed by atoms with Gasteiger partial charge in [-0.3, -0.25) is 9.20 Å². The number of aromatic nitrogens is 2. The van der Waals surface area contributed by atoms with Crippen molar-refractivity contribution in [2.75, 3.05) is 0 Å². The summed E-state index contributed by atoms with van der Waals surface area (Å²) in [4.78, 5) is 14.8. The van der Waals surface area contributed by atoms with Crippen LogP contribution in [0.1, 0.15) is 10.5 Å². The zero-order chi connectivity index (χ0) is 10.3. The fourth-order valence-corrected chi connectivity index (χ4v) is 1.79. The van der Waals surface area contributed by atoms with Crippen LogP contribution in [0.15, 0.2) is 42.6 Å². The maximum atomic E-state index is 10.6. The molecule has 0 atom stereocenters. The number of fused-ring (bicyclic) bond motifs is 3. The van der Waals surface area contributed by atoms with Crippen LogP contribution in [-0.4, -0.2) is 15.7 Å². The van der Waals surface area contributed by atoms with E-state index in [2.05, 4.69) is 4.98 Å². The minimum Gasteiger partial charge on any atom is -0.299 e. The quantitative estimate of drug-likeness (QED) is 0.559. The summed E-state index contributed by atoms with van der Waals surface area (Å²) in [7, 11) is 0. The highest BCUT2D eigenvalue weighted by Crippen LogP contribution is 2.16. The lowest BCUT2D eigenvalue weighted by atomic mass is 10.2. The standard InChI is InChI=1S/C12H8N2O/c15-8-10-7-14-11-4-2-1-3-9(11)5-6-12(14)13-10/h1-8H. The Balaban J connectivity index is 2.52. The highest BCUT2D eigenvalue weighted by atomic mass is 16.1. The smallest absolute Gasteiger partial charge is 0.170 e. The third-order valence-corrected chi connectivity index (χ3v) is 2.48. The summed E-state index contributed by atoms with van der Waals surface area (Å²) in [5, 5.41) is 1.14. The van der Waals surface area contributed by atoms with E-state index >= 15 is 0 Å². The molecular weight excluding hydrogens is 188 g/mol. The summed E-state index contributed by atoms with van der Waals surface area (Å²) in [6.07, 6.45) is 2.52. The second-order valence-corrected chi connectivity index (χ2v) is 3.40. The monoisotopic (exact) mass is 196 g/mol. The van der Waals surface area contributed by atoms with Gasteiger partial charge in [-0.1, -0.05) is 18.2 Å². The predicted molar refractivity (Wildman–Crippen MR) is 58.1 cm³/mol. The van der Waals surface area contributed by atoms with Gasteiger partial charge in [0.1, 0.15) is 11.3 Å². The molecule has 72 valence electrons. The molecule has 1 aromatic carbocycles. The Bertz CT molecular complexity index is 655. The number of imidazole rings is 1. The predicted octanol–water partition coefficient (Wildman–Crippen LogP) is 2.30. The number of aldehydes is 1. The first-order valence-corrected chi connectivity index (χ1v) is 4.70. The van der Waals surface area contributed by atoms with Crippen LogP contribution in [0.25, 0.3) is 16.6 Å². The molecule has 2 aromatic heterocycles. The Hall–Kier alpha value is -2.16. The first-order chi connectivity index (χ1) is 7.38. The van der Waals surface area contributed by atoms with Crippen LogP contribution < -0.4 is 0 Å². The average Bonchev–Trinajstić information content (AvgIpc) is 2.72. The van der Waals surface area contributed by atoms with Crippen LogP contribution in [0, 0.1) is 0 Å². The van der Waals surface area contributed by atoms with Gasteiger partial charge in [-0.25, -0.2) is 4.98 Å². The van der Waals surface area contributed by atoms with Crippen molar-refractivity contribution in [2.45, 2.75) is 0 Å². The fourth-order valence-electron chi connectivity index (χ4n) is 1.79. The van der Waals surface area contributed by atoms with E-state index in [-0.39, 0.29) is 0 Å². The summed E-state index contributed by atoms with van der Waals surface area (Å²) >= 11 is 0. The second-order valence-electron chi connectivity index (χ2n) is 3.40. The van der Waals surface area contributed by atoms with E-state index in [1.54, 1.807) is 6.20 Å². The van der Waals surface area contributed by atoms with Gasteiger partial charge in [0.05, 0.1) is 5.52 Å². The van der Waals surface area contributed by atoms with Gasteiger partial charge in [0, 0.05) is 6.20 Å². The molecule has 0 N–H and O–H groups in total. The molecule has 2 heterocycles. The fraction of sp³-hybridized carbons (Fsp3) is 0. The van der Waals surface area contributed by atoms with Gasteiger partial charge in [0.15, 0.2) is 6.29 Å². The Morgan fingerprint density at radius 3 is 2.87 bits per heavy atom. The van der Waals surface area contributed by atoms with Crippen molar-refractivity contribution in [1.82, 2.24) is 9.38 Å². The molecule has 3 heteroatoms. The van der Waals surface area contributed by atoms with Crippen LogP contribution in [0.4, 0.5) is 0 Å². The van der Waals surface area contributed by atoms with Crippen LogP contribution in [0.2, 0.25) is 0 Å². The van der Waals surface area contributed by atoms with Crippen molar-refractivity contribution < 1.29 is 4.79 Å². The van der Waals surface area contributed by atoms with Crippen molar-refractivity contribution >= 4 is 22.8 Å². The van der Waals surface area contributed by atoms with E-state index in [1.165, 1.54) is 0 Å². The molecule has 0 unspecified atom stereocenters. The number of rotatable bonds is 1. The van der Waals surface area contributed by atoms with Gasteiger partial charge in [-0.2, -0.15) is 0 Å². The Morgan fingerprint density at radius 2 is 2.00 bits per heavy atom. The number of carbonyl (C=O) groups is 1. The third-order valence-electron chi connectivity index (χ3n) is 2.48. The maximum absolute atomic E-state index is 10.6. The highest BCUT2D eigenvalue weighted by molar-refractivity contribution is 5.83. The molecule has 0 aliphatic rings. The number of para-hydroxylation sites is 1. The molecule has 3 rings (SSSR count). The van der Waals surface area contributed by atoms with Crippen molar-refractivity contribution in [3.63, 3.8) is 0 Å². The number of benzene rings is 1. The molecule has 0 aliphatic heterocycles. The van der Waals surface area contributed by atoms with Crippen molar-refractivity contribution in [1.29, 1.82) is 0 Å². The molecule has 3 aromatic rings. The maximum Gasteiger partial charge on any atom is 0.170 e. The summed E-state index contributed by atoms with van der Waals surface area (Å²) in [5.41, 5.74) is 2.33. The van der Waals surface area contributed by atoms with Crippen LogP contribution in [-0.2, 0) is 0 Å². The SMILES string of the molecule is O=Cc1cn2c(ccc3ccccc32)n1. The van der Waals surface area contributed by atoms with E-state index in [9.17, 15) is 4.79 Å². The first kappa shape index (κ1) is 8.17. The molecular formula is C12H8N2O. The van der Waals surface area contributed by atoms with Crippen LogP contribution in [0.5, 0.6) is 0 Å². The zero-order valence-corrected chi connectivity index (χ0v) is 7.92. The third kappa shape index (κ3) is 1.13. The Kier molecular flexibility index (Phi) is 1.59.